The lowest BCUT2D eigenvalue weighted by Crippen LogP contribution is -2.28. The van der Waals surface area contributed by atoms with Crippen LogP contribution < -0.4 is 9.88 Å². The monoisotopic (exact) mass is 388 g/mol. The van der Waals surface area contributed by atoms with Gasteiger partial charge in [-0.1, -0.05) is 30.3 Å². The van der Waals surface area contributed by atoms with Crippen molar-refractivity contribution in [2.45, 2.75) is 24.8 Å². The van der Waals surface area contributed by atoms with Crippen LogP contribution in [0.5, 0.6) is 5.75 Å². The Hall–Kier alpha value is -2.64. The second-order valence-electron chi connectivity index (χ2n) is 6.04. The van der Waals surface area contributed by atoms with Crippen molar-refractivity contribution in [1.29, 1.82) is 0 Å². The lowest BCUT2D eigenvalue weighted by Gasteiger charge is -2.24. The van der Waals surface area contributed by atoms with Crippen molar-refractivity contribution in [3.05, 3.63) is 65.7 Å². The van der Waals surface area contributed by atoms with Crippen molar-refractivity contribution in [2.75, 3.05) is 13.7 Å². The molecular weight excluding hydrogens is 364 g/mol. The first kappa shape index (κ1) is 20.7. The number of benzene rings is 2. The van der Waals surface area contributed by atoms with Gasteiger partial charge < -0.3 is 9.64 Å². The van der Waals surface area contributed by atoms with E-state index >= 15 is 0 Å². The molecule has 1 amide bonds. The van der Waals surface area contributed by atoms with Crippen LogP contribution in [-0.4, -0.2) is 32.9 Å². The SMILES string of the molecule is CCOc1ccccc1/C=C/C(=O)N(C)C(C)c1ccc(S(N)(=O)=O)cc1. The molecule has 27 heavy (non-hydrogen) atoms. The molecule has 0 radical (unpaired) electrons. The van der Waals surface area contributed by atoms with Crippen LogP contribution in [0.15, 0.2) is 59.5 Å². The number of ether oxygens (including phenoxy) is 1. The Morgan fingerprint density at radius 1 is 1.19 bits per heavy atom. The molecule has 1 unspecified atom stereocenters. The third kappa shape index (κ3) is 5.42. The Bertz CT molecular complexity index is 921. The fraction of sp³-hybridized carbons (Fsp3) is 0.250. The van der Waals surface area contributed by atoms with Gasteiger partial charge in [0, 0.05) is 18.7 Å². The number of hydrogen-bond acceptors (Lipinski definition) is 4. The Morgan fingerprint density at radius 3 is 2.41 bits per heavy atom. The van der Waals surface area contributed by atoms with Crippen molar-refractivity contribution >= 4 is 22.0 Å². The molecule has 0 aliphatic heterocycles. The second-order valence-corrected chi connectivity index (χ2v) is 7.60. The molecular formula is C20H24N2O4S. The molecule has 6 nitrogen and oxygen atoms in total. The van der Waals surface area contributed by atoms with Crippen LogP contribution in [0.2, 0.25) is 0 Å². The number of amides is 1. The van der Waals surface area contributed by atoms with E-state index in [0.29, 0.717) is 6.61 Å². The Kier molecular flexibility index (Phi) is 6.76. The minimum atomic E-state index is -3.73. The van der Waals surface area contributed by atoms with E-state index in [-0.39, 0.29) is 16.8 Å². The summed E-state index contributed by atoms with van der Waals surface area (Å²) in [6.07, 6.45) is 3.22. The number of sulfonamides is 1. The highest BCUT2D eigenvalue weighted by atomic mass is 32.2. The van der Waals surface area contributed by atoms with E-state index < -0.39 is 10.0 Å². The van der Waals surface area contributed by atoms with Crippen LogP contribution in [0.1, 0.15) is 31.0 Å². The van der Waals surface area contributed by atoms with Gasteiger partial charge in [-0.15, -0.1) is 0 Å². The van der Waals surface area contributed by atoms with Crippen molar-refractivity contribution in [2.24, 2.45) is 5.14 Å². The number of rotatable bonds is 7. The van der Waals surface area contributed by atoms with E-state index in [1.807, 2.05) is 38.1 Å². The summed E-state index contributed by atoms with van der Waals surface area (Å²) in [5.41, 5.74) is 1.63. The molecule has 0 heterocycles. The molecule has 0 aromatic heterocycles. The first-order chi connectivity index (χ1) is 12.7. The van der Waals surface area contributed by atoms with Crippen LogP contribution in [0.4, 0.5) is 0 Å². The number of nitrogens with two attached hydrogens (primary N) is 1. The Morgan fingerprint density at radius 2 is 1.81 bits per heavy atom. The molecule has 0 saturated carbocycles. The average molecular weight is 388 g/mol. The van der Waals surface area contributed by atoms with Crippen LogP contribution >= 0.6 is 0 Å². The highest BCUT2D eigenvalue weighted by molar-refractivity contribution is 7.89. The molecule has 144 valence electrons. The third-order valence-corrected chi connectivity index (χ3v) is 5.17. The van der Waals surface area contributed by atoms with Crippen LogP contribution in [0.25, 0.3) is 6.08 Å². The number of likely N-dealkylation sites (N-methyl/N-ethyl adjacent to an activating group) is 1. The van der Waals surface area contributed by atoms with E-state index in [4.69, 9.17) is 9.88 Å². The number of carbonyl (C=O) groups is 1. The van der Waals surface area contributed by atoms with Gasteiger partial charge in [0.25, 0.3) is 0 Å². The normalized spacial score (nSPS) is 12.7. The minimum Gasteiger partial charge on any atom is -0.493 e. The van der Waals surface area contributed by atoms with Gasteiger partial charge in [-0.05, 0) is 43.7 Å². The van der Waals surface area contributed by atoms with Gasteiger partial charge in [-0.25, -0.2) is 13.6 Å². The van der Waals surface area contributed by atoms with E-state index in [0.717, 1.165) is 16.9 Å². The molecule has 0 fully saturated rings. The summed E-state index contributed by atoms with van der Waals surface area (Å²) in [4.78, 5) is 14.1. The highest BCUT2D eigenvalue weighted by Crippen LogP contribution is 2.22. The van der Waals surface area contributed by atoms with E-state index in [2.05, 4.69) is 0 Å². The van der Waals surface area contributed by atoms with Gasteiger partial charge >= 0.3 is 0 Å². The third-order valence-electron chi connectivity index (χ3n) is 4.24. The smallest absolute Gasteiger partial charge is 0.246 e. The van der Waals surface area contributed by atoms with Crippen molar-refractivity contribution in [3.63, 3.8) is 0 Å². The Labute approximate surface area is 160 Å². The molecule has 1 atom stereocenters. The summed E-state index contributed by atoms with van der Waals surface area (Å²) >= 11 is 0. The maximum atomic E-state index is 12.5. The predicted octanol–water partition coefficient (Wildman–Crippen LogP) is 2.97. The zero-order chi connectivity index (χ0) is 20.0. The molecule has 0 saturated heterocycles. The number of carbonyl (C=O) groups excluding carboxylic acids is 1. The fourth-order valence-electron chi connectivity index (χ4n) is 2.53. The molecule has 0 aliphatic carbocycles. The van der Waals surface area contributed by atoms with Crippen molar-refractivity contribution in [3.8, 4) is 5.75 Å². The first-order valence-corrected chi connectivity index (χ1v) is 10.1. The maximum absolute atomic E-state index is 12.5. The zero-order valence-corrected chi connectivity index (χ0v) is 16.4. The molecule has 2 rings (SSSR count). The highest BCUT2D eigenvalue weighted by Gasteiger charge is 2.16. The average Bonchev–Trinajstić information content (AvgIpc) is 2.65. The van der Waals surface area contributed by atoms with E-state index in [1.165, 1.54) is 18.2 Å². The summed E-state index contributed by atoms with van der Waals surface area (Å²) in [5.74, 6) is 0.544. The lowest BCUT2D eigenvalue weighted by molar-refractivity contribution is -0.126. The summed E-state index contributed by atoms with van der Waals surface area (Å²) in [5, 5.41) is 5.11. The van der Waals surface area contributed by atoms with Crippen LogP contribution in [-0.2, 0) is 14.8 Å². The number of nitrogens with zero attached hydrogens (tertiary/aromatic N) is 1. The van der Waals surface area contributed by atoms with Crippen LogP contribution in [0.3, 0.4) is 0 Å². The molecule has 0 spiro atoms. The summed E-state index contributed by atoms with van der Waals surface area (Å²) in [6.45, 7) is 4.32. The molecule has 2 aromatic rings. The molecule has 2 aromatic carbocycles. The number of hydrogen-bond donors (Lipinski definition) is 1. The number of primary sulfonamides is 1. The predicted molar refractivity (Wildman–Crippen MR) is 106 cm³/mol. The maximum Gasteiger partial charge on any atom is 0.246 e. The molecule has 0 bridgehead atoms. The van der Waals surface area contributed by atoms with Crippen molar-refractivity contribution < 1.29 is 17.9 Å². The second kappa shape index (κ2) is 8.83. The van der Waals surface area contributed by atoms with E-state index in [1.54, 1.807) is 30.2 Å². The molecule has 7 heteroatoms. The summed E-state index contributed by atoms with van der Waals surface area (Å²) in [6, 6.07) is 13.4. The van der Waals surface area contributed by atoms with Gasteiger partial charge in [0.05, 0.1) is 17.5 Å². The van der Waals surface area contributed by atoms with Gasteiger partial charge in [-0.2, -0.15) is 0 Å². The van der Waals surface area contributed by atoms with Gasteiger partial charge in [0.2, 0.25) is 15.9 Å². The van der Waals surface area contributed by atoms with Crippen molar-refractivity contribution in [1.82, 2.24) is 4.90 Å². The van der Waals surface area contributed by atoms with Crippen LogP contribution in [0, 0.1) is 0 Å². The zero-order valence-electron chi connectivity index (χ0n) is 15.6. The molecule has 0 aliphatic rings. The van der Waals surface area contributed by atoms with Gasteiger partial charge in [0.15, 0.2) is 0 Å². The fourth-order valence-corrected chi connectivity index (χ4v) is 3.05. The Balaban J connectivity index is 2.12. The lowest BCUT2D eigenvalue weighted by atomic mass is 10.1. The van der Waals surface area contributed by atoms with Gasteiger partial charge in [0.1, 0.15) is 5.75 Å². The minimum absolute atomic E-state index is 0.0415. The quantitative estimate of drug-likeness (QED) is 0.739. The topological polar surface area (TPSA) is 89.7 Å². The summed E-state index contributed by atoms with van der Waals surface area (Å²) < 4.78 is 28.2. The number of para-hydroxylation sites is 1. The first-order valence-electron chi connectivity index (χ1n) is 8.53. The van der Waals surface area contributed by atoms with Gasteiger partial charge in [-0.3, -0.25) is 4.79 Å². The molecule has 2 N–H and O–H groups in total. The largest absolute Gasteiger partial charge is 0.493 e. The standard InChI is InChI=1S/C20H24N2O4S/c1-4-26-19-8-6-5-7-17(19)11-14-20(23)22(3)15(2)16-9-12-18(13-10-16)27(21,24)25/h5-15H,4H2,1-3H3,(H2,21,24,25)/b14-11+. The summed E-state index contributed by atoms with van der Waals surface area (Å²) in [7, 11) is -2.04. The van der Waals surface area contributed by atoms with E-state index in [9.17, 15) is 13.2 Å².